The van der Waals surface area contributed by atoms with E-state index in [-0.39, 0.29) is 17.6 Å². The number of anilines is 2. The number of pyridine rings is 1. The van der Waals surface area contributed by atoms with E-state index >= 15 is 4.39 Å². The van der Waals surface area contributed by atoms with Crippen LogP contribution in [-0.4, -0.2) is 79.7 Å². The molecule has 2 N–H and O–H groups in total. The zero-order chi connectivity index (χ0) is 25.5. The Hall–Kier alpha value is -3.77. The van der Waals surface area contributed by atoms with E-state index in [2.05, 4.69) is 15.7 Å². The van der Waals surface area contributed by atoms with E-state index < -0.39 is 18.0 Å². The summed E-state index contributed by atoms with van der Waals surface area (Å²) in [5.74, 6) is -0.646. The van der Waals surface area contributed by atoms with Crippen LogP contribution >= 0.6 is 12.2 Å². The van der Waals surface area contributed by atoms with Crippen molar-refractivity contribution in [2.24, 2.45) is 0 Å². The smallest absolute Gasteiger partial charge is 0.414 e. The molecule has 1 aromatic heterocycles. The Labute approximate surface area is 213 Å². The van der Waals surface area contributed by atoms with Crippen LogP contribution < -0.4 is 20.5 Å². The summed E-state index contributed by atoms with van der Waals surface area (Å²) in [6.07, 6.45) is 5.54. The second-order valence-electron chi connectivity index (χ2n) is 8.12. The summed E-state index contributed by atoms with van der Waals surface area (Å²) in [7, 11) is 1.45. The van der Waals surface area contributed by atoms with Gasteiger partial charge in [-0.05, 0) is 54.2 Å². The van der Waals surface area contributed by atoms with E-state index in [1.807, 2.05) is 17.0 Å². The highest BCUT2D eigenvalue weighted by atomic mass is 32.1. The van der Waals surface area contributed by atoms with Crippen LogP contribution in [0.4, 0.5) is 20.6 Å². The lowest BCUT2D eigenvalue weighted by Crippen LogP contribution is -2.42. The summed E-state index contributed by atoms with van der Waals surface area (Å²) in [4.78, 5) is 32.1. The number of hydrogen-bond donors (Lipinski definition) is 2. The van der Waals surface area contributed by atoms with Gasteiger partial charge < -0.3 is 19.7 Å². The fourth-order valence-corrected chi connectivity index (χ4v) is 4.00. The molecule has 3 heterocycles. The molecule has 0 bridgehead atoms. The van der Waals surface area contributed by atoms with E-state index in [9.17, 15) is 9.59 Å². The molecule has 2 aromatic rings. The summed E-state index contributed by atoms with van der Waals surface area (Å²) in [6.45, 7) is 2.34. The molecule has 0 aliphatic carbocycles. The average Bonchev–Trinajstić information content (AvgIpc) is 3.09. The monoisotopic (exact) mass is 514 g/mol. The van der Waals surface area contributed by atoms with Crippen molar-refractivity contribution >= 4 is 46.8 Å². The van der Waals surface area contributed by atoms with Crippen molar-refractivity contribution in [3.8, 4) is 0 Å². The molecule has 1 aromatic carbocycles. The first kappa shape index (κ1) is 25.3. The highest BCUT2D eigenvalue weighted by Crippen LogP contribution is 2.28. The molecule has 2 aliphatic heterocycles. The van der Waals surface area contributed by atoms with Gasteiger partial charge in [-0.3, -0.25) is 19.7 Å². The number of amides is 2. The van der Waals surface area contributed by atoms with Gasteiger partial charge in [0.05, 0.1) is 38.1 Å². The summed E-state index contributed by atoms with van der Waals surface area (Å²) in [5, 5.41) is 4.57. The number of thiocarbonyl (C=S) groups is 1. The Balaban J connectivity index is 1.35. The third-order valence-electron chi connectivity index (χ3n) is 5.79. The average molecular weight is 515 g/mol. The lowest BCUT2D eigenvalue weighted by Gasteiger charge is -2.24. The minimum Gasteiger partial charge on any atom is -0.474 e. The van der Waals surface area contributed by atoms with Crippen molar-refractivity contribution < 1.29 is 23.5 Å². The maximum atomic E-state index is 15.1. The predicted octanol–water partition coefficient (Wildman–Crippen LogP) is 1.93. The molecule has 0 saturated carbocycles. The number of cyclic esters (lactones) is 1. The second kappa shape index (κ2) is 11.8. The summed E-state index contributed by atoms with van der Waals surface area (Å²) < 4.78 is 25.3. The summed E-state index contributed by atoms with van der Waals surface area (Å²) in [5.41, 5.74) is 4.77. The van der Waals surface area contributed by atoms with Crippen LogP contribution in [0.3, 0.4) is 0 Å². The highest BCUT2D eigenvalue weighted by molar-refractivity contribution is 7.80. The third kappa shape index (κ3) is 6.26. The lowest BCUT2D eigenvalue weighted by atomic mass is 10.2. The molecule has 36 heavy (non-hydrogen) atoms. The van der Waals surface area contributed by atoms with Gasteiger partial charge in [0.25, 0.3) is 11.1 Å². The number of nitrogens with zero attached hydrogens (tertiary/aromatic N) is 4. The Bertz CT molecular complexity index is 1130. The van der Waals surface area contributed by atoms with Crippen LogP contribution in [0.25, 0.3) is 6.08 Å². The van der Waals surface area contributed by atoms with E-state index in [0.29, 0.717) is 44.1 Å². The fraction of sp³-hybridized carbons (Fsp3) is 0.333. The molecular weight excluding hydrogens is 487 g/mol. The van der Waals surface area contributed by atoms with Gasteiger partial charge in [0.15, 0.2) is 0 Å². The first-order chi connectivity index (χ1) is 17.4. The van der Waals surface area contributed by atoms with Gasteiger partial charge in [-0.15, -0.1) is 0 Å². The number of carbonyl (C=O) groups is 2. The number of halogens is 1. The number of methoxy groups -OCH3 is 1. The number of nitrogens with one attached hydrogen (secondary N) is 2. The lowest BCUT2D eigenvalue weighted by molar-refractivity contribution is -0.128. The zero-order valence-corrected chi connectivity index (χ0v) is 20.5. The fourth-order valence-electron chi connectivity index (χ4n) is 3.92. The van der Waals surface area contributed by atoms with Gasteiger partial charge in [-0.25, -0.2) is 14.6 Å². The predicted molar refractivity (Wildman–Crippen MR) is 137 cm³/mol. The SMILES string of the molecule is COC(=S)NC[C@H]1CN(c2ccc(N3CCNN(C(=O)/C=C/c4ccncc4)CC3)c(F)c2)C(=O)O1. The van der Waals surface area contributed by atoms with Crippen molar-refractivity contribution in [2.45, 2.75) is 6.10 Å². The molecule has 2 amide bonds. The number of hydrogen-bond acceptors (Lipinski definition) is 8. The molecule has 1 atom stereocenters. The number of carbonyl (C=O) groups excluding carboxylic acids is 2. The van der Waals surface area contributed by atoms with Gasteiger partial charge in [0.2, 0.25) is 0 Å². The first-order valence-electron chi connectivity index (χ1n) is 11.4. The van der Waals surface area contributed by atoms with Gasteiger partial charge >= 0.3 is 6.09 Å². The Morgan fingerprint density at radius 2 is 2.11 bits per heavy atom. The third-order valence-corrected chi connectivity index (χ3v) is 6.10. The molecule has 0 unspecified atom stereocenters. The van der Waals surface area contributed by atoms with Gasteiger partial charge in [-0.2, -0.15) is 0 Å². The Kier molecular flexibility index (Phi) is 8.28. The molecule has 0 spiro atoms. The summed E-state index contributed by atoms with van der Waals surface area (Å²) >= 11 is 4.93. The van der Waals surface area contributed by atoms with Crippen molar-refractivity contribution in [1.82, 2.24) is 20.7 Å². The Morgan fingerprint density at radius 3 is 2.86 bits per heavy atom. The molecule has 2 fully saturated rings. The van der Waals surface area contributed by atoms with Crippen molar-refractivity contribution in [3.63, 3.8) is 0 Å². The first-order valence-corrected chi connectivity index (χ1v) is 11.8. The quantitative estimate of drug-likeness (QED) is 0.443. The standard InChI is InChI=1S/C24H27FN6O4S/c1-34-23(36)27-15-19-16-30(24(33)35-19)18-3-4-21(20(25)14-18)29-11-10-28-31(13-12-29)22(32)5-2-17-6-8-26-9-7-17/h2-9,14,19,28H,10-13,15-16H2,1H3,(H,27,36)/b5-2+/t19-/m0/s1. The van der Waals surface area contributed by atoms with Crippen LogP contribution in [0.15, 0.2) is 48.8 Å². The van der Waals surface area contributed by atoms with Crippen LogP contribution in [-0.2, 0) is 14.3 Å². The van der Waals surface area contributed by atoms with E-state index in [4.69, 9.17) is 21.7 Å². The molecule has 0 radical (unpaired) electrons. The largest absolute Gasteiger partial charge is 0.474 e. The van der Waals surface area contributed by atoms with E-state index in [1.165, 1.54) is 29.2 Å². The molecule has 4 rings (SSSR count). The maximum Gasteiger partial charge on any atom is 0.414 e. The number of hydrazine groups is 1. The molecule has 10 nitrogen and oxygen atoms in total. The number of rotatable bonds is 6. The van der Waals surface area contributed by atoms with Crippen LogP contribution in [0, 0.1) is 5.82 Å². The normalized spacial score (nSPS) is 18.2. The number of ether oxygens (including phenoxy) is 2. The topological polar surface area (TPSA) is 99.3 Å². The van der Waals surface area contributed by atoms with Crippen LogP contribution in [0.2, 0.25) is 0 Å². The number of benzene rings is 1. The maximum absolute atomic E-state index is 15.1. The van der Waals surface area contributed by atoms with Crippen LogP contribution in [0.5, 0.6) is 0 Å². The molecule has 2 saturated heterocycles. The molecule has 2 aliphatic rings. The van der Waals surface area contributed by atoms with Gasteiger partial charge in [0, 0.05) is 38.1 Å². The molecular formula is C24H27FN6O4S. The van der Waals surface area contributed by atoms with E-state index in [1.54, 1.807) is 30.6 Å². The second-order valence-corrected chi connectivity index (χ2v) is 8.49. The summed E-state index contributed by atoms with van der Waals surface area (Å²) in [6, 6.07) is 8.27. The molecule has 12 heteroatoms. The Morgan fingerprint density at radius 1 is 1.31 bits per heavy atom. The van der Waals surface area contributed by atoms with Crippen molar-refractivity contribution in [2.75, 3.05) is 56.2 Å². The van der Waals surface area contributed by atoms with Gasteiger partial charge in [0.1, 0.15) is 11.9 Å². The minimum atomic E-state index is -0.551. The highest BCUT2D eigenvalue weighted by Gasteiger charge is 2.33. The zero-order valence-electron chi connectivity index (χ0n) is 19.7. The molecule has 190 valence electrons. The van der Waals surface area contributed by atoms with Crippen molar-refractivity contribution in [1.29, 1.82) is 0 Å². The van der Waals surface area contributed by atoms with Gasteiger partial charge in [-0.1, -0.05) is 0 Å². The van der Waals surface area contributed by atoms with Crippen LogP contribution in [0.1, 0.15) is 5.56 Å². The van der Waals surface area contributed by atoms with E-state index in [0.717, 1.165) is 5.56 Å². The van der Waals surface area contributed by atoms with Crippen molar-refractivity contribution in [3.05, 3.63) is 60.2 Å². The minimum absolute atomic E-state index is 0.188. The number of aromatic nitrogens is 1.